The lowest BCUT2D eigenvalue weighted by Crippen LogP contribution is -2.20. The Balaban J connectivity index is 2.01. The Morgan fingerprint density at radius 1 is 1.23 bits per heavy atom. The van der Waals surface area contributed by atoms with E-state index in [0.717, 1.165) is 15.6 Å². The van der Waals surface area contributed by atoms with Crippen molar-refractivity contribution in [2.24, 2.45) is 5.10 Å². The summed E-state index contributed by atoms with van der Waals surface area (Å²) in [5.41, 5.74) is 3.99. The number of hydrazone groups is 1. The molecule has 1 amide bonds. The number of hydrogen-bond donors (Lipinski definition) is 2. The van der Waals surface area contributed by atoms with Crippen LogP contribution in [0.5, 0.6) is 5.75 Å². The van der Waals surface area contributed by atoms with Gasteiger partial charge in [-0.2, -0.15) is 5.10 Å². The second kappa shape index (κ2) is 8.31. The molecule has 0 saturated heterocycles. The van der Waals surface area contributed by atoms with Crippen molar-refractivity contribution < 1.29 is 14.6 Å². The Labute approximate surface area is 136 Å². The predicted octanol–water partition coefficient (Wildman–Crippen LogP) is 2.47. The van der Waals surface area contributed by atoms with Gasteiger partial charge in [0.2, 0.25) is 0 Å². The van der Waals surface area contributed by atoms with Crippen molar-refractivity contribution in [3.63, 3.8) is 0 Å². The second-order valence-corrected chi connectivity index (χ2v) is 5.32. The number of carbonyl (C=O) groups is 1. The van der Waals surface area contributed by atoms with E-state index in [1.165, 1.54) is 6.21 Å². The van der Waals surface area contributed by atoms with Gasteiger partial charge in [0.1, 0.15) is 19.0 Å². The molecule has 0 saturated carbocycles. The van der Waals surface area contributed by atoms with E-state index in [1.807, 2.05) is 48.5 Å². The highest BCUT2D eigenvalue weighted by molar-refractivity contribution is 9.10. The summed E-state index contributed by atoms with van der Waals surface area (Å²) in [5.74, 6) is 0.0944. The number of aliphatic hydroxyl groups excluding tert-OH is 1. The van der Waals surface area contributed by atoms with E-state index in [4.69, 9.17) is 9.84 Å². The van der Waals surface area contributed by atoms with Gasteiger partial charge in [-0.3, -0.25) is 4.79 Å². The molecule has 22 heavy (non-hydrogen) atoms. The zero-order valence-corrected chi connectivity index (χ0v) is 13.3. The molecular weight excluding hydrogens is 348 g/mol. The number of benzene rings is 2. The van der Waals surface area contributed by atoms with E-state index in [0.29, 0.717) is 12.4 Å². The lowest BCUT2D eigenvalue weighted by molar-refractivity contribution is -0.123. The molecule has 5 nitrogen and oxygen atoms in total. The van der Waals surface area contributed by atoms with Crippen molar-refractivity contribution in [1.29, 1.82) is 0 Å². The van der Waals surface area contributed by atoms with Crippen LogP contribution < -0.4 is 10.2 Å². The summed E-state index contributed by atoms with van der Waals surface area (Å²) in [5, 5.41) is 12.4. The third-order valence-corrected chi connectivity index (χ3v) is 3.29. The van der Waals surface area contributed by atoms with Crippen molar-refractivity contribution >= 4 is 28.1 Å². The number of nitrogens with one attached hydrogen (secondary N) is 1. The number of nitrogens with zero attached hydrogens (tertiary/aromatic N) is 1. The van der Waals surface area contributed by atoms with Crippen molar-refractivity contribution in [3.05, 3.63) is 64.1 Å². The Hall–Kier alpha value is -2.18. The van der Waals surface area contributed by atoms with Crippen LogP contribution in [-0.2, 0) is 11.4 Å². The lowest BCUT2D eigenvalue weighted by atomic mass is 10.2. The SMILES string of the molecule is O=C(CO)N/N=C\c1ccccc1OCc1ccc(Br)cc1. The van der Waals surface area contributed by atoms with Gasteiger partial charge in [-0.25, -0.2) is 5.43 Å². The second-order valence-electron chi connectivity index (χ2n) is 4.40. The number of para-hydroxylation sites is 1. The van der Waals surface area contributed by atoms with Crippen LogP contribution in [0, 0.1) is 0 Å². The van der Waals surface area contributed by atoms with Crippen molar-refractivity contribution in [2.45, 2.75) is 6.61 Å². The molecule has 0 unspecified atom stereocenters. The first kappa shape index (κ1) is 16.2. The highest BCUT2D eigenvalue weighted by Gasteiger charge is 2.02. The molecule has 0 heterocycles. The molecule has 0 aromatic heterocycles. The van der Waals surface area contributed by atoms with Gasteiger partial charge in [-0.05, 0) is 29.8 Å². The van der Waals surface area contributed by atoms with Crippen molar-refractivity contribution in [1.82, 2.24) is 5.43 Å². The molecule has 0 spiro atoms. The fourth-order valence-electron chi connectivity index (χ4n) is 1.67. The van der Waals surface area contributed by atoms with Crippen LogP contribution >= 0.6 is 15.9 Å². The summed E-state index contributed by atoms with van der Waals surface area (Å²) in [4.78, 5) is 10.9. The van der Waals surface area contributed by atoms with Crippen molar-refractivity contribution in [2.75, 3.05) is 6.61 Å². The average molecular weight is 363 g/mol. The normalized spacial score (nSPS) is 10.6. The molecule has 0 radical (unpaired) electrons. The molecule has 2 N–H and O–H groups in total. The molecule has 2 rings (SSSR count). The van der Waals surface area contributed by atoms with Gasteiger partial charge in [0.05, 0.1) is 6.21 Å². The first-order valence-electron chi connectivity index (χ1n) is 6.58. The number of halogens is 1. The Kier molecular flexibility index (Phi) is 6.12. The number of amides is 1. The van der Waals surface area contributed by atoms with Gasteiger partial charge >= 0.3 is 0 Å². The van der Waals surface area contributed by atoms with Crippen LogP contribution in [0.1, 0.15) is 11.1 Å². The quantitative estimate of drug-likeness (QED) is 0.612. The van der Waals surface area contributed by atoms with Crippen LogP contribution in [0.3, 0.4) is 0 Å². The highest BCUT2D eigenvalue weighted by atomic mass is 79.9. The van der Waals surface area contributed by atoms with Gasteiger partial charge in [-0.1, -0.05) is 40.2 Å². The topological polar surface area (TPSA) is 70.9 Å². The number of aliphatic hydroxyl groups is 1. The highest BCUT2D eigenvalue weighted by Crippen LogP contribution is 2.18. The molecule has 0 atom stereocenters. The first-order chi connectivity index (χ1) is 10.7. The van der Waals surface area contributed by atoms with E-state index in [1.54, 1.807) is 0 Å². The number of hydrogen-bond acceptors (Lipinski definition) is 4. The summed E-state index contributed by atoms with van der Waals surface area (Å²) < 4.78 is 6.80. The molecule has 0 fully saturated rings. The van der Waals surface area contributed by atoms with Crippen molar-refractivity contribution in [3.8, 4) is 5.75 Å². The van der Waals surface area contributed by atoms with E-state index in [-0.39, 0.29) is 0 Å². The Morgan fingerprint density at radius 3 is 2.68 bits per heavy atom. The number of ether oxygens (including phenoxy) is 1. The predicted molar refractivity (Wildman–Crippen MR) is 87.7 cm³/mol. The molecule has 114 valence electrons. The van der Waals surface area contributed by atoms with Gasteiger partial charge < -0.3 is 9.84 Å². The average Bonchev–Trinajstić information content (AvgIpc) is 2.55. The van der Waals surface area contributed by atoms with Crippen LogP contribution in [0.2, 0.25) is 0 Å². The van der Waals surface area contributed by atoms with Crippen LogP contribution in [0.4, 0.5) is 0 Å². The van der Waals surface area contributed by atoms with E-state index < -0.39 is 12.5 Å². The largest absolute Gasteiger partial charge is 0.488 e. The maximum atomic E-state index is 10.9. The smallest absolute Gasteiger partial charge is 0.265 e. The summed E-state index contributed by atoms with van der Waals surface area (Å²) in [7, 11) is 0. The van der Waals surface area contributed by atoms with Gasteiger partial charge in [0.25, 0.3) is 5.91 Å². The van der Waals surface area contributed by atoms with Gasteiger partial charge in [-0.15, -0.1) is 0 Å². The third-order valence-electron chi connectivity index (χ3n) is 2.76. The molecule has 0 aliphatic carbocycles. The minimum atomic E-state index is -0.598. The Bertz CT molecular complexity index is 657. The lowest BCUT2D eigenvalue weighted by Gasteiger charge is -2.09. The first-order valence-corrected chi connectivity index (χ1v) is 7.37. The van der Waals surface area contributed by atoms with Crippen LogP contribution in [0.15, 0.2) is 58.1 Å². The standard InChI is InChI=1S/C16H15BrN2O3/c17-14-7-5-12(6-8-14)11-22-15-4-2-1-3-13(15)9-18-19-16(21)10-20/h1-9,20H,10-11H2,(H,19,21)/b18-9-. The monoisotopic (exact) mass is 362 g/mol. The maximum Gasteiger partial charge on any atom is 0.265 e. The molecular formula is C16H15BrN2O3. The summed E-state index contributed by atoms with van der Waals surface area (Å²) >= 11 is 3.39. The molecule has 6 heteroatoms. The van der Waals surface area contributed by atoms with Gasteiger partial charge in [0, 0.05) is 10.0 Å². The van der Waals surface area contributed by atoms with Crippen LogP contribution in [0.25, 0.3) is 0 Å². The zero-order chi connectivity index (χ0) is 15.8. The molecule has 0 aliphatic rings. The van der Waals surface area contributed by atoms with E-state index >= 15 is 0 Å². The fraction of sp³-hybridized carbons (Fsp3) is 0.125. The van der Waals surface area contributed by atoms with E-state index in [9.17, 15) is 4.79 Å². The van der Waals surface area contributed by atoms with E-state index in [2.05, 4.69) is 26.5 Å². The fourth-order valence-corrected chi connectivity index (χ4v) is 1.93. The summed E-state index contributed by atoms with van der Waals surface area (Å²) in [6.07, 6.45) is 1.48. The summed E-state index contributed by atoms with van der Waals surface area (Å²) in [6, 6.07) is 15.2. The molecule has 2 aromatic rings. The number of rotatable bonds is 6. The Morgan fingerprint density at radius 2 is 1.95 bits per heavy atom. The molecule has 2 aromatic carbocycles. The number of carbonyl (C=O) groups excluding carboxylic acids is 1. The zero-order valence-electron chi connectivity index (χ0n) is 11.7. The molecule has 0 aliphatic heterocycles. The molecule has 0 bridgehead atoms. The van der Waals surface area contributed by atoms with Gasteiger partial charge in [0.15, 0.2) is 0 Å². The van der Waals surface area contributed by atoms with Crippen LogP contribution in [-0.4, -0.2) is 23.8 Å². The minimum absolute atomic E-state index is 0.432. The minimum Gasteiger partial charge on any atom is -0.488 e. The maximum absolute atomic E-state index is 10.9. The third kappa shape index (κ3) is 4.98. The summed E-state index contributed by atoms with van der Waals surface area (Å²) in [6.45, 7) is -0.166.